The Bertz CT molecular complexity index is 823. The zero-order chi connectivity index (χ0) is 16.9. The van der Waals surface area contributed by atoms with Gasteiger partial charge in [0.25, 0.3) is 0 Å². The molecular formula is C18H18N4S2. The average Bonchev–Trinajstić information content (AvgIpc) is 3.02. The van der Waals surface area contributed by atoms with Crippen molar-refractivity contribution in [2.45, 2.75) is 13.8 Å². The minimum absolute atomic E-state index is 0.497. The molecule has 3 N–H and O–H groups in total. The Kier molecular flexibility index (Phi) is 5.08. The maximum Gasteiger partial charge on any atom is 0.202 e. The molecule has 24 heavy (non-hydrogen) atoms. The number of hydrazine groups is 1. The van der Waals surface area contributed by atoms with Gasteiger partial charge >= 0.3 is 0 Å². The fraction of sp³-hybridized carbons (Fsp3) is 0.111. The summed E-state index contributed by atoms with van der Waals surface area (Å²) in [5, 5.41) is 6.44. The van der Waals surface area contributed by atoms with Gasteiger partial charge in [-0.25, -0.2) is 4.98 Å². The second kappa shape index (κ2) is 7.42. The predicted molar refractivity (Wildman–Crippen MR) is 106 cm³/mol. The van der Waals surface area contributed by atoms with Crippen molar-refractivity contribution >= 4 is 39.5 Å². The molecule has 0 aliphatic carbocycles. The van der Waals surface area contributed by atoms with E-state index in [1.807, 2.05) is 35.7 Å². The van der Waals surface area contributed by atoms with E-state index in [9.17, 15) is 0 Å². The van der Waals surface area contributed by atoms with Crippen molar-refractivity contribution in [1.82, 2.24) is 10.4 Å². The summed E-state index contributed by atoms with van der Waals surface area (Å²) < 4.78 is 0. The third-order valence-electron chi connectivity index (χ3n) is 3.34. The van der Waals surface area contributed by atoms with Crippen molar-refractivity contribution in [3.05, 3.63) is 65.0 Å². The number of aryl methyl sites for hydroxylation is 2. The van der Waals surface area contributed by atoms with E-state index >= 15 is 0 Å². The van der Waals surface area contributed by atoms with Crippen LogP contribution < -0.4 is 16.2 Å². The quantitative estimate of drug-likeness (QED) is 0.467. The molecule has 0 bridgehead atoms. The molecule has 0 radical (unpaired) electrons. The van der Waals surface area contributed by atoms with E-state index in [1.54, 1.807) is 0 Å². The molecule has 0 saturated carbocycles. The molecule has 0 aliphatic heterocycles. The lowest BCUT2D eigenvalue weighted by atomic mass is 10.1. The fourth-order valence-electron chi connectivity index (χ4n) is 2.39. The molecule has 6 heteroatoms. The number of hydrogen-bond donors (Lipinski definition) is 3. The van der Waals surface area contributed by atoms with Gasteiger partial charge in [-0.2, -0.15) is 0 Å². The summed E-state index contributed by atoms with van der Waals surface area (Å²) in [6, 6.07) is 16.3. The van der Waals surface area contributed by atoms with Crippen molar-refractivity contribution in [2.75, 3.05) is 10.7 Å². The molecule has 1 aromatic heterocycles. The highest BCUT2D eigenvalue weighted by molar-refractivity contribution is 7.80. The Morgan fingerprint density at radius 2 is 1.75 bits per heavy atom. The van der Waals surface area contributed by atoms with Gasteiger partial charge in [-0.05, 0) is 49.3 Å². The molecule has 0 fully saturated rings. The van der Waals surface area contributed by atoms with E-state index in [2.05, 4.69) is 53.2 Å². The van der Waals surface area contributed by atoms with Gasteiger partial charge in [0.1, 0.15) is 0 Å². The van der Waals surface area contributed by atoms with Crippen LogP contribution in [0.4, 0.5) is 10.8 Å². The first-order chi connectivity index (χ1) is 11.6. The Morgan fingerprint density at radius 1 is 1.04 bits per heavy atom. The van der Waals surface area contributed by atoms with Crippen molar-refractivity contribution in [3.63, 3.8) is 0 Å². The van der Waals surface area contributed by atoms with Gasteiger partial charge in [-0.15, -0.1) is 11.3 Å². The van der Waals surface area contributed by atoms with Crippen LogP contribution in [-0.4, -0.2) is 10.1 Å². The van der Waals surface area contributed by atoms with Gasteiger partial charge in [-0.1, -0.05) is 36.4 Å². The van der Waals surface area contributed by atoms with Gasteiger partial charge in [-0.3, -0.25) is 10.9 Å². The summed E-state index contributed by atoms with van der Waals surface area (Å²) in [6.45, 7) is 4.13. The van der Waals surface area contributed by atoms with Crippen molar-refractivity contribution in [3.8, 4) is 11.3 Å². The molecule has 0 saturated heterocycles. The number of hydrogen-bond acceptors (Lipinski definition) is 4. The molecule has 1 heterocycles. The molecule has 0 spiro atoms. The predicted octanol–water partition coefficient (Wildman–Crippen LogP) is 4.74. The number of aromatic nitrogens is 1. The van der Waals surface area contributed by atoms with Crippen LogP contribution in [0.15, 0.2) is 53.9 Å². The molecule has 2 aromatic carbocycles. The first-order valence-electron chi connectivity index (χ1n) is 7.52. The zero-order valence-corrected chi connectivity index (χ0v) is 15.1. The topological polar surface area (TPSA) is 49.0 Å². The SMILES string of the molecule is Cc1cc(C)cc(NC(=S)NNc2nc(-c3ccccc3)cs2)c1. The summed E-state index contributed by atoms with van der Waals surface area (Å²) >= 11 is 6.84. The zero-order valence-electron chi connectivity index (χ0n) is 13.5. The highest BCUT2D eigenvalue weighted by atomic mass is 32.1. The first-order valence-corrected chi connectivity index (χ1v) is 8.81. The molecule has 0 amide bonds. The van der Waals surface area contributed by atoms with Gasteiger partial charge in [0.15, 0.2) is 5.11 Å². The molecule has 3 rings (SSSR count). The Morgan fingerprint density at radius 3 is 2.46 bits per heavy atom. The van der Waals surface area contributed by atoms with Crippen molar-refractivity contribution in [2.24, 2.45) is 0 Å². The molecule has 0 atom stereocenters. The van der Waals surface area contributed by atoms with Crippen LogP contribution in [0.5, 0.6) is 0 Å². The third kappa shape index (κ3) is 4.31. The van der Waals surface area contributed by atoms with Crippen LogP contribution in [0.1, 0.15) is 11.1 Å². The summed E-state index contributed by atoms with van der Waals surface area (Å²) in [5.41, 5.74) is 11.4. The summed E-state index contributed by atoms with van der Waals surface area (Å²) in [7, 11) is 0. The van der Waals surface area contributed by atoms with E-state index in [0.717, 1.165) is 22.1 Å². The van der Waals surface area contributed by atoms with Crippen LogP contribution in [-0.2, 0) is 0 Å². The molecule has 0 aliphatic rings. The summed E-state index contributed by atoms with van der Waals surface area (Å²) in [4.78, 5) is 4.55. The highest BCUT2D eigenvalue weighted by Crippen LogP contribution is 2.24. The number of rotatable bonds is 4. The smallest absolute Gasteiger partial charge is 0.202 e. The highest BCUT2D eigenvalue weighted by Gasteiger charge is 2.04. The van der Waals surface area contributed by atoms with E-state index < -0.39 is 0 Å². The second-order valence-corrected chi connectivity index (χ2v) is 6.75. The van der Waals surface area contributed by atoms with E-state index in [0.29, 0.717) is 5.11 Å². The monoisotopic (exact) mass is 354 g/mol. The number of benzene rings is 2. The Balaban J connectivity index is 1.58. The molecule has 3 aromatic rings. The van der Waals surface area contributed by atoms with Crippen LogP contribution in [0.2, 0.25) is 0 Å². The maximum atomic E-state index is 5.31. The van der Waals surface area contributed by atoms with Crippen LogP contribution in [0.3, 0.4) is 0 Å². The van der Waals surface area contributed by atoms with Crippen LogP contribution in [0, 0.1) is 13.8 Å². The van der Waals surface area contributed by atoms with Gasteiger partial charge in [0.2, 0.25) is 5.13 Å². The Labute approximate surface area is 150 Å². The van der Waals surface area contributed by atoms with Gasteiger partial charge in [0, 0.05) is 16.6 Å². The lowest BCUT2D eigenvalue weighted by Gasteiger charge is -2.12. The summed E-state index contributed by atoms with van der Waals surface area (Å²) in [5.74, 6) is 0. The minimum Gasteiger partial charge on any atom is -0.331 e. The molecular weight excluding hydrogens is 336 g/mol. The molecule has 0 unspecified atom stereocenters. The maximum absolute atomic E-state index is 5.31. The molecule has 122 valence electrons. The van der Waals surface area contributed by atoms with E-state index in [-0.39, 0.29) is 0 Å². The second-order valence-electron chi connectivity index (χ2n) is 5.48. The number of anilines is 2. The fourth-order valence-corrected chi connectivity index (χ4v) is 3.23. The lowest BCUT2D eigenvalue weighted by Crippen LogP contribution is -2.33. The minimum atomic E-state index is 0.497. The van der Waals surface area contributed by atoms with Crippen molar-refractivity contribution in [1.29, 1.82) is 0 Å². The summed E-state index contributed by atoms with van der Waals surface area (Å²) in [6.07, 6.45) is 0. The van der Waals surface area contributed by atoms with Gasteiger partial charge < -0.3 is 5.32 Å². The third-order valence-corrected chi connectivity index (χ3v) is 4.30. The van der Waals surface area contributed by atoms with Crippen molar-refractivity contribution < 1.29 is 0 Å². The standard InChI is InChI=1S/C18H18N4S2/c1-12-8-13(2)10-15(9-12)19-17(23)21-22-18-20-16(11-24-18)14-6-4-3-5-7-14/h3-11H,1-2H3,(H,20,22)(H2,19,21,23). The Hall–Kier alpha value is -2.44. The van der Waals surface area contributed by atoms with Crippen LogP contribution >= 0.6 is 23.6 Å². The average molecular weight is 355 g/mol. The van der Waals surface area contributed by atoms with E-state index in [4.69, 9.17) is 12.2 Å². The number of nitrogens with zero attached hydrogens (tertiary/aromatic N) is 1. The van der Waals surface area contributed by atoms with Crippen LogP contribution in [0.25, 0.3) is 11.3 Å². The first kappa shape index (κ1) is 16.4. The molecule has 4 nitrogen and oxygen atoms in total. The van der Waals surface area contributed by atoms with Gasteiger partial charge in [0.05, 0.1) is 5.69 Å². The number of thiazole rings is 1. The lowest BCUT2D eigenvalue weighted by molar-refractivity contribution is 1.12. The normalized spacial score (nSPS) is 10.2. The number of thiocarbonyl (C=S) groups is 1. The largest absolute Gasteiger partial charge is 0.331 e. The number of nitrogens with one attached hydrogen (secondary N) is 3. The van der Waals surface area contributed by atoms with E-state index in [1.165, 1.54) is 22.5 Å².